The molecule has 0 saturated heterocycles. The van der Waals surface area contributed by atoms with Gasteiger partial charge < -0.3 is 4.98 Å². The summed E-state index contributed by atoms with van der Waals surface area (Å²) in [4.78, 5) is 21.2. The Morgan fingerprint density at radius 1 is 1.03 bits per heavy atom. The third kappa shape index (κ3) is 4.07. The summed E-state index contributed by atoms with van der Waals surface area (Å²) in [5.74, 6) is 1.17. The second-order valence-corrected chi connectivity index (χ2v) is 8.23. The van der Waals surface area contributed by atoms with Crippen LogP contribution in [0.15, 0.2) is 59.5 Å². The van der Waals surface area contributed by atoms with Crippen LogP contribution in [0.5, 0.6) is 0 Å². The molecular formula is C25H25N7O. The van der Waals surface area contributed by atoms with Crippen LogP contribution in [0.4, 0.5) is 0 Å². The highest BCUT2D eigenvalue weighted by molar-refractivity contribution is 5.80. The average Bonchev–Trinajstić information content (AvgIpc) is 3.50. The molecule has 0 aliphatic rings. The van der Waals surface area contributed by atoms with Gasteiger partial charge in [-0.25, -0.2) is 4.98 Å². The summed E-state index contributed by atoms with van der Waals surface area (Å²) >= 11 is 0. The summed E-state index contributed by atoms with van der Waals surface area (Å²) < 4.78 is 1.62. The maximum Gasteiger partial charge on any atom is 0.262 e. The summed E-state index contributed by atoms with van der Waals surface area (Å²) in [6.07, 6.45) is 5.21. The molecule has 0 amide bonds. The van der Waals surface area contributed by atoms with E-state index < -0.39 is 0 Å². The Labute approximate surface area is 190 Å². The molecule has 5 rings (SSSR count). The number of nitrogens with zero attached hydrogens (tertiary/aromatic N) is 5. The average molecular weight is 440 g/mol. The van der Waals surface area contributed by atoms with Crippen molar-refractivity contribution in [2.24, 2.45) is 0 Å². The van der Waals surface area contributed by atoms with Crippen molar-refractivity contribution in [1.82, 2.24) is 35.0 Å². The molecule has 3 aromatic heterocycles. The lowest BCUT2D eigenvalue weighted by molar-refractivity contribution is 0.760. The molecular weight excluding hydrogens is 414 g/mol. The van der Waals surface area contributed by atoms with Crippen LogP contribution in [0.3, 0.4) is 0 Å². The van der Waals surface area contributed by atoms with Crippen LogP contribution >= 0.6 is 0 Å². The Kier molecular flexibility index (Phi) is 5.56. The standard InChI is InChI=1S/C25H25N7O/c1-3-4-9-22-21(24(33)32-15-16(2)26-25(32)27-22)14-17-10-12-18(13-11-17)19-7-5-6-8-20(19)23-28-30-31-29-23/h5-8,10-13,15H,3-4,9,14H2,1-2H3,(H,26,27)(H,28,29,30,31). The van der Waals surface area contributed by atoms with Crippen LogP contribution < -0.4 is 5.56 Å². The molecule has 0 aliphatic heterocycles. The van der Waals surface area contributed by atoms with Crippen LogP contribution in [0.1, 0.15) is 42.3 Å². The molecule has 0 radical (unpaired) electrons. The maximum atomic E-state index is 13.3. The van der Waals surface area contributed by atoms with E-state index in [1.165, 1.54) is 0 Å². The number of nitrogens with one attached hydrogen (secondary N) is 2. The zero-order valence-corrected chi connectivity index (χ0v) is 18.7. The third-order valence-electron chi connectivity index (χ3n) is 5.85. The second-order valence-electron chi connectivity index (χ2n) is 8.23. The Hall–Kier alpha value is -4.07. The minimum Gasteiger partial charge on any atom is -0.328 e. The smallest absolute Gasteiger partial charge is 0.262 e. The summed E-state index contributed by atoms with van der Waals surface area (Å²) in [5, 5.41) is 14.4. The van der Waals surface area contributed by atoms with Crippen LogP contribution in [-0.2, 0) is 12.8 Å². The number of tetrazole rings is 1. The van der Waals surface area contributed by atoms with Crippen molar-refractivity contribution in [3.05, 3.63) is 87.6 Å². The normalized spacial score (nSPS) is 11.3. The van der Waals surface area contributed by atoms with Gasteiger partial charge in [0.25, 0.3) is 5.56 Å². The number of fused-ring (bicyclic) bond motifs is 1. The Morgan fingerprint density at radius 3 is 2.55 bits per heavy atom. The molecule has 0 fully saturated rings. The van der Waals surface area contributed by atoms with E-state index in [4.69, 9.17) is 4.98 Å². The van der Waals surface area contributed by atoms with Gasteiger partial charge in [-0.1, -0.05) is 61.9 Å². The molecule has 0 bridgehead atoms. The lowest BCUT2D eigenvalue weighted by Gasteiger charge is -2.10. The summed E-state index contributed by atoms with van der Waals surface area (Å²) in [6, 6.07) is 16.3. The number of H-pyrrole nitrogens is 2. The number of imidazole rings is 1. The van der Waals surface area contributed by atoms with Gasteiger partial charge in [-0.3, -0.25) is 9.20 Å². The number of hydrogen-bond acceptors (Lipinski definition) is 5. The van der Waals surface area contributed by atoms with Gasteiger partial charge in [-0.15, -0.1) is 10.2 Å². The number of rotatable bonds is 7. The van der Waals surface area contributed by atoms with Crippen LogP contribution in [0.25, 0.3) is 28.3 Å². The van der Waals surface area contributed by atoms with Crippen LogP contribution in [-0.4, -0.2) is 35.0 Å². The predicted molar refractivity (Wildman–Crippen MR) is 127 cm³/mol. The highest BCUT2D eigenvalue weighted by atomic mass is 16.1. The van der Waals surface area contributed by atoms with Crippen molar-refractivity contribution >= 4 is 5.78 Å². The summed E-state index contributed by atoms with van der Waals surface area (Å²) in [6.45, 7) is 4.08. The van der Waals surface area contributed by atoms with E-state index in [0.717, 1.165) is 58.5 Å². The third-order valence-corrected chi connectivity index (χ3v) is 5.85. The van der Waals surface area contributed by atoms with Gasteiger partial charge >= 0.3 is 0 Å². The Balaban J connectivity index is 1.49. The Morgan fingerprint density at radius 2 is 1.82 bits per heavy atom. The number of aromatic amines is 2. The number of hydrogen-bond donors (Lipinski definition) is 2. The molecule has 8 nitrogen and oxygen atoms in total. The molecule has 2 N–H and O–H groups in total. The highest BCUT2D eigenvalue weighted by Gasteiger charge is 2.15. The first-order chi connectivity index (χ1) is 16.1. The number of aromatic nitrogens is 7. The van der Waals surface area contributed by atoms with Gasteiger partial charge in [0.15, 0.2) is 0 Å². The topological polar surface area (TPSA) is 105 Å². The molecule has 0 saturated carbocycles. The molecule has 8 heteroatoms. The van der Waals surface area contributed by atoms with Crippen molar-refractivity contribution in [3.8, 4) is 22.5 Å². The fourth-order valence-corrected chi connectivity index (χ4v) is 4.17. The lowest BCUT2D eigenvalue weighted by atomic mass is 9.96. The SMILES string of the molecule is CCCCc1nc2[nH]c(C)cn2c(=O)c1Cc1ccc(-c2ccccc2-c2nn[nH]n2)cc1. The summed E-state index contributed by atoms with van der Waals surface area (Å²) in [5.41, 5.74) is 6.63. The van der Waals surface area contributed by atoms with Crippen LogP contribution in [0, 0.1) is 6.92 Å². The molecule has 0 unspecified atom stereocenters. The monoisotopic (exact) mass is 439 g/mol. The number of aryl methyl sites for hydroxylation is 2. The maximum absolute atomic E-state index is 13.3. The first-order valence-corrected chi connectivity index (χ1v) is 11.2. The minimum absolute atomic E-state index is 0.00183. The quantitative estimate of drug-likeness (QED) is 0.397. The molecule has 5 aromatic rings. The van der Waals surface area contributed by atoms with Gasteiger partial charge in [-0.05, 0) is 41.7 Å². The van der Waals surface area contributed by atoms with E-state index in [0.29, 0.717) is 18.0 Å². The summed E-state index contributed by atoms with van der Waals surface area (Å²) in [7, 11) is 0. The zero-order valence-electron chi connectivity index (χ0n) is 18.7. The van der Waals surface area contributed by atoms with Crippen molar-refractivity contribution in [2.75, 3.05) is 0 Å². The first-order valence-electron chi connectivity index (χ1n) is 11.2. The van der Waals surface area contributed by atoms with Gasteiger partial charge in [0.05, 0.1) is 5.69 Å². The molecule has 166 valence electrons. The Bertz CT molecular complexity index is 1450. The van der Waals surface area contributed by atoms with E-state index in [9.17, 15) is 4.79 Å². The molecule has 3 heterocycles. The van der Waals surface area contributed by atoms with E-state index in [2.05, 4.69) is 56.8 Å². The van der Waals surface area contributed by atoms with Crippen molar-refractivity contribution in [3.63, 3.8) is 0 Å². The molecule has 33 heavy (non-hydrogen) atoms. The highest BCUT2D eigenvalue weighted by Crippen LogP contribution is 2.30. The van der Waals surface area contributed by atoms with E-state index >= 15 is 0 Å². The number of benzene rings is 2. The largest absolute Gasteiger partial charge is 0.328 e. The minimum atomic E-state index is 0.00183. The molecule has 2 aromatic carbocycles. The zero-order chi connectivity index (χ0) is 22.8. The molecule has 0 spiro atoms. The fraction of sp³-hybridized carbons (Fsp3) is 0.240. The van der Waals surface area contributed by atoms with Gasteiger partial charge in [-0.2, -0.15) is 5.21 Å². The lowest BCUT2D eigenvalue weighted by Crippen LogP contribution is -2.22. The van der Waals surface area contributed by atoms with E-state index in [-0.39, 0.29) is 5.56 Å². The van der Waals surface area contributed by atoms with Crippen molar-refractivity contribution in [2.45, 2.75) is 39.5 Å². The number of unbranched alkanes of at least 4 members (excludes halogenated alkanes) is 1. The molecule has 0 atom stereocenters. The van der Waals surface area contributed by atoms with Crippen LogP contribution in [0.2, 0.25) is 0 Å². The van der Waals surface area contributed by atoms with Gasteiger partial charge in [0, 0.05) is 29.4 Å². The van der Waals surface area contributed by atoms with Crippen molar-refractivity contribution < 1.29 is 0 Å². The second kappa shape index (κ2) is 8.82. The molecule has 0 aliphatic carbocycles. The van der Waals surface area contributed by atoms with E-state index in [1.807, 2.05) is 37.4 Å². The predicted octanol–water partition coefficient (Wildman–Crippen LogP) is 4.11. The fourth-order valence-electron chi connectivity index (χ4n) is 4.17. The van der Waals surface area contributed by atoms with Gasteiger partial charge in [0.2, 0.25) is 11.6 Å². The van der Waals surface area contributed by atoms with Gasteiger partial charge in [0.1, 0.15) is 0 Å². The first kappa shape index (κ1) is 20.8. The van der Waals surface area contributed by atoms with E-state index in [1.54, 1.807) is 4.40 Å². The van der Waals surface area contributed by atoms with Crippen molar-refractivity contribution in [1.29, 1.82) is 0 Å².